The largest absolute Gasteiger partial charge is 0.504 e. The topological polar surface area (TPSA) is 32.7 Å². The number of fused-ring (bicyclic) bond motifs is 4. The fourth-order valence-corrected chi connectivity index (χ4v) is 5.38. The lowest BCUT2D eigenvalue weighted by atomic mass is 9.86. The van der Waals surface area contributed by atoms with Crippen molar-refractivity contribution in [2.24, 2.45) is 5.92 Å². The fourth-order valence-electron chi connectivity index (χ4n) is 4.14. The molecule has 1 aromatic carbocycles. The van der Waals surface area contributed by atoms with Gasteiger partial charge >= 0.3 is 0 Å². The third-order valence-electron chi connectivity index (χ3n) is 5.58. The normalized spacial score (nSPS) is 19.4. The lowest BCUT2D eigenvalue weighted by Gasteiger charge is -2.40. The number of benzene rings is 1. The van der Waals surface area contributed by atoms with Crippen LogP contribution in [0.3, 0.4) is 0 Å². The van der Waals surface area contributed by atoms with Crippen molar-refractivity contribution < 1.29 is 9.84 Å². The Balaban J connectivity index is 1.61. The van der Waals surface area contributed by atoms with Crippen molar-refractivity contribution in [3.8, 4) is 11.5 Å². The Morgan fingerprint density at radius 1 is 1.28 bits per heavy atom. The van der Waals surface area contributed by atoms with E-state index in [1.54, 1.807) is 12.0 Å². The molecule has 1 aromatic heterocycles. The molecule has 2 aromatic rings. The summed E-state index contributed by atoms with van der Waals surface area (Å²) in [4.78, 5) is 5.66. The number of nitrogens with zero attached hydrogens (tertiary/aromatic N) is 1. The van der Waals surface area contributed by atoms with Crippen molar-refractivity contribution in [2.45, 2.75) is 52.1 Å². The molecule has 4 heteroatoms. The van der Waals surface area contributed by atoms with Crippen LogP contribution in [0.15, 0.2) is 18.2 Å². The number of methoxy groups -OCH3 is 1. The van der Waals surface area contributed by atoms with E-state index in [2.05, 4.69) is 24.8 Å². The van der Waals surface area contributed by atoms with Crippen LogP contribution in [0.2, 0.25) is 0 Å². The highest BCUT2D eigenvalue weighted by Crippen LogP contribution is 2.43. The summed E-state index contributed by atoms with van der Waals surface area (Å²) in [5.41, 5.74) is 4.14. The molecule has 0 aliphatic carbocycles. The van der Waals surface area contributed by atoms with Crippen LogP contribution in [0.25, 0.3) is 0 Å². The third-order valence-corrected chi connectivity index (χ3v) is 6.84. The van der Waals surface area contributed by atoms with Crippen molar-refractivity contribution in [1.29, 1.82) is 0 Å². The summed E-state index contributed by atoms with van der Waals surface area (Å²) >= 11 is 2.01. The SMILES string of the molecule is COc1cc2c(cc1O)[C@@H]1Cc3sc(CCC(C)C)cc3CN1CC2. The van der Waals surface area contributed by atoms with Gasteiger partial charge in [-0.05, 0) is 60.1 Å². The molecule has 1 atom stereocenters. The molecule has 0 fully saturated rings. The summed E-state index contributed by atoms with van der Waals surface area (Å²) < 4.78 is 5.29. The highest BCUT2D eigenvalue weighted by Gasteiger charge is 2.33. The number of phenolic OH excluding ortho intramolecular Hbond substituents is 1. The Labute approximate surface area is 154 Å². The maximum absolute atomic E-state index is 10.2. The van der Waals surface area contributed by atoms with E-state index in [-0.39, 0.29) is 5.75 Å². The average Bonchev–Trinajstić information content (AvgIpc) is 2.99. The average molecular weight is 358 g/mol. The number of phenols is 1. The van der Waals surface area contributed by atoms with Gasteiger partial charge in [0.2, 0.25) is 0 Å². The van der Waals surface area contributed by atoms with Gasteiger partial charge in [-0.15, -0.1) is 11.3 Å². The zero-order valence-electron chi connectivity index (χ0n) is 15.3. The van der Waals surface area contributed by atoms with Crippen LogP contribution < -0.4 is 4.74 Å². The Morgan fingerprint density at radius 3 is 2.88 bits per heavy atom. The predicted octanol–water partition coefficient (Wildman–Crippen LogP) is 4.71. The molecule has 0 radical (unpaired) electrons. The van der Waals surface area contributed by atoms with Crippen molar-refractivity contribution in [3.63, 3.8) is 0 Å². The van der Waals surface area contributed by atoms with Gasteiger partial charge in [0.05, 0.1) is 7.11 Å². The number of aromatic hydroxyl groups is 1. The molecular formula is C21H27NO2S. The number of rotatable bonds is 4. The molecule has 2 aliphatic heterocycles. The maximum Gasteiger partial charge on any atom is 0.160 e. The minimum absolute atomic E-state index is 0.262. The van der Waals surface area contributed by atoms with Gasteiger partial charge in [0.1, 0.15) is 0 Å². The van der Waals surface area contributed by atoms with Gasteiger partial charge in [-0.2, -0.15) is 0 Å². The zero-order chi connectivity index (χ0) is 17.6. The molecule has 0 bridgehead atoms. The fraction of sp³-hybridized carbons (Fsp3) is 0.524. The molecule has 1 N–H and O–H groups in total. The van der Waals surface area contributed by atoms with Gasteiger partial charge in [0.25, 0.3) is 0 Å². The summed E-state index contributed by atoms with van der Waals surface area (Å²) in [6, 6.07) is 6.80. The van der Waals surface area contributed by atoms with Gasteiger partial charge in [0, 0.05) is 35.3 Å². The highest BCUT2D eigenvalue weighted by molar-refractivity contribution is 7.12. The zero-order valence-corrected chi connectivity index (χ0v) is 16.2. The Kier molecular flexibility index (Phi) is 4.50. The summed E-state index contributed by atoms with van der Waals surface area (Å²) in [7, 11) is 1.62. The summed E-state index contributed by atoms with van der Waals surface area (Å²) in [5, 5.41) is 10.2. The van der Waals surface area contributed by atoms with E-state index in [0.29, 0.717) is 11.8 Å². The summed E-state index contributed by atoms with van der Waals surface area (Å²) in [6.07, 6.45) is 4.57. The third kappa shape index (κ3) is 3.18. The second kappa shape index (κ2) is 6.65. The van der Waals surface area contributed by atoms with Crippen LogP contribution in [0.4, 0.5) is 0 Å². The Hall–Kier alpha value is -1.52. The molecule has 3 nitrogen and oxygen atoms in total. The lowest BCUT2D eigenvalue weighted by molar-refractivity contribution is 0.162. The van der Waals surface area contributed by atoms with E-state index in [0.717, 1.165) is 31.8 Å². The van der Waals surface area contributed by atoms with Gasteiger partial charge in [-0.3, -0.25) is 4.90 Å². The van der Waals surface area contributed by atoms with Crippen LogP contribution in [0.1, 0.15) is 52.8 Å². The molecule has 25 heavy (non-hydrogen) atoms. The molecule has 0 saturated heterocycles. The molecule has 0 unspecified atom stereocenters. The maximum atomic E-state index is 10.2. The molecule has 0 amide bonds. The van der Waals surface area contributed by atoms with Crippen LogP contribution in [0.5, 0.6) is 11.5 Å². The first-order valence-corrected chi connectivity index (χ1v) is 10.1. The van der Waals surface area contributed by atoms with Crippen LogP contribution in [-0.4, -0.2) is 23.7 Å². The molecule has 2 aliphatic rings. The highest BCUT2D eigenvalue weighted by atomic mass is 32.1. The van der Waals surface area contributed by atoms with E-state index in [1.165, 1.54) is 34.4 Å². The second-order valence-corrected chi connectivity index (χ2v) is 8.98. The van der Waals surface area contributed by atoms with E-state index in [4.69, 9.17) is 4.74 Å². The number of hydrogen-bond acceptors (Lipinski definition) is 4. The smallest absolute Gasteiger partial charge is 0.160 e. The van der Waals surface area contributed by atoms with Crippen molar-refractivity contribution >= 4 is 11.3 Å². The Morgan fingerprint density at radius 2 is 2.12 bits per heavy atom. The minimum Gasteiger partial charge on any atom is -0.504 e. The number of aryl methyl sites for hydroxylation is 1. The van der Waals surface area contributed by atoms with Crippen LogP contribution >= 0.6 is 11.3 Å². The van der Waals surface area contributed by atoms with Crippen molar-refractivity contribution in [3.05, 3.63) is 44.6 Å². The van der Waals surface area contributed by atoms with Crippen LogP contribution in [0, 0.1) is 5.92 Å². The van der Waals surface area contributed by atoms with E-state index in [1.807, 2.05) is 23.5 Å². The quantitative estimate of drug-likeness (QED) is 0.860. The van der Waals surface area contributed by atoms with Gasteiger partial charge < -0.3 is 9.84 Å². The summed E-state index contributed by atoms with van der Waals surface area (Å²) in [5.74, 6) is 1.61. The Bertz CT molecular complexity index is 780. The number of thiophene rings is 1. The number of ether oxygens (including phenoxy) is 1. The monoisotopic (exact) mass is 357 g/mol. The molecule has 3 heterocycles. The first kappa shape index (κ1) is 16.9. The molecule has 134 valence electrons. The second-order valence-electron chi connectivity index (χ2n) is 7.76. The van der Waals surface area contributed by atoms with Crippen molar-refractivity contribution in [1.82, 2.24) is 4.90 Å². The molecular weight excluding hydrogens is 330 g/mol. The predicted molar refractivity (Wildman–Crippen MR) is 103 cm³/mol. The van der Waals surface area contributed by atoms with E-state index >= 15 is 0 Å². The van der Waals surface area contributed by atoms with Crippen LogP contribution in [-0.2, 0) is 25.8 Å². The molecule has 0 saturated carbocycles. The van der Waals surface area contributed by atoms with E-state index < -0.39 is 0 Å². The molecule has 4 rings (SSSR count). The first-order chi connectivity index (χ1) is 12.0. The van der Waals surface area contributed by atoms with Gasteiger partial charge in [0.15, 0.2) is 11.5 Å². The van der Waals surface area contributed by atoms with Crippen molar-refractivity contribution in [2.75, 3.05) is 13.7 Å². The minimum atomic E-state index is 0.262. The van der Waals surface area contributed by atoms with Gasteiger partial charge in [-0.25, -0.2) is 0 Å². The summed E-state index contributed by atoms with van der Waals surface area (Å²) in [6.45, 7) is 6.73. The first-order valence-electron chi connectivity index (χ1n) is 9.29. The lowest BCUT2D eigenvalue weighted by Crippen LogP contribution is -2.38. The van der Waals surface area contributed by atoms with E-state index in [9.17, 15) is 5.11 Å². The standard InChI is InChI=1S/C21H27NO2S/c1-13(2)4-5-16-8-15-12-22-7-6-14-9-20(24-3)19(23)10-17(14)18(22)11-21(15)25-16/h8-10,13,18,23H,4-7,11-12H2,1-3H3/t18-/m0/s1. The van der Waals surface area contributed by atoms with Gasteiger partial charge in [-0.1, -0.05) is 13.8 Å². The molecule has 0 spiro atoms. The number of hydrogen-bond donors (Lipinski definition) is 1.